The third kappa shape index (κ3) is 5.63. The summed E-state index contributed by atoms with van der Waals surface area (Å²) in [7, 11) is 0. The van der Waals surface area contributed by atoms with Crippen molar-refractivity contribution in [2.45, 2.75) is 40.0 Å². The molecule has 21 heavy (non-hydrogen) atoms. The average molecular weight is 354 g/mol. The number of hydrogen-bond acceptors (Lipinski definition) is 2. The molecule has 0 saturated heterocycles. The van der Waals surface area contributed by atoms with Crippen molar-refractivity contribution in [1.82, 2.24) is 5.32 Å². The Bertz CT molecular complexity index is 445. The Balaban J connectivity index is 1.79. The summed E-state index contributed by atoms with van der Waals surface area (Å²) in [6.45, 7) is 9.96. The van der Waals surface area contributed by atoms with Crippen LogP contribution in [0.15, 0.2) is 28.7 Å². The topological polar surface area (TPSA) is 21.3 Å². The van der Waals surface area contributed by atoms with E-state index in [0.717, 1.165) is 42.3 Å². The summed E-state index contributed by atoms with van der Waals surface area (Å²) < 4.78 is 7.00. The number of rotatable bonds is 9. The van der Waals surface area contributed by atoms with Gasteiger partial charge in [0.25, 0.3) is 0 Å². The van der Waals surface area contributed by atoms with Gasteiger partial charge in [-0.3, -0.25) is 0 Å². The minimum atomic E-state index is 0.376. The van der Waals surface area contributed by atoms with E-state index in [1.54, 1.807) is 0 Å². The van der Waals surface area contributed by atoms with Crippen molar-refractivity contribution in [1.29, 1.82) is 0 Å². The first-order valence-corrected chi connectivity index (χ1v) is 8.88. The van der Waals surface area contributed by atoms with Crippen LogP contribution in [-0.4, -0.2) is 19.7 Å². The lowest BCUT2D eigenvalue weighted by Crippen LogP contribution is -2.36. The zero-order valence-corrected chi connectivity index (χ0v) is 15.1. The first-order chi connectivity index (χ1) is 9.99. The van der Waals surface area contributed by atoms with Gasteiger partial charge in [-0.15, -0.1) is 0 Å². The highest BCUT2D eigenvalue weighted by molar-refractivity contribution is 9.10. The van der Waals surface area contributed by atoms with Crippen LogP contribution in [0, 0.1) is 17.3 Å². The van der Waals surface area contributed by atoms with Gasteiger partial charge in [0, 0.05) is 11.0 Å². The molecule has 1 aromatic rings. The zero-order valence-electron chi connectivity index (χ0n) is 13.5. The van der Waals surface area contributed by atoms with E-state index in [4.69, 9.17) is 4.74 Å². The predicted octanol–water partition coefficient (Wildman–Crippen LogP) is 4.88. The van der Waals surface area contributed by atoms with Crippen molar-refractivity contribution in [2.24, 2.45) is 17.3 Å². The molecule has 1 aliphatic rings. The van der Waals surface area contributed by atoms with Crippen LogP contribution in [0.4, 0.5) is 0 Å². The molecule has 2 rings (SSSR count). The quantitative estimate of drug-likeness (QED) is 0.682. The van der Waals surface area contributed by atoms with Crippen molar-refractivity contribution < 1.29 is 4.74 Å². The van der Waals surface area contributed by atoms with Crippen molar-refractivity contribution >= 4 is 15.9 Å². The fraction of sp³-hybridized carbons (Fsp3) is 0.667. The maximum Gasteiger partial charge on any atom is 0.120 e. The summed E-state index contributed by atoms with van der Waals surface area (Å²) in [6.07, 6.45) is 3.89. The molecule has 0 heterocycles. The van der Waals surface area contributed by atoms with Gasteiger partial charge in [-0.2, -0.15) is 0 Å². The second-order valence-electron chi connectivity index (χ2n) is 7.01. The SMILES string of the molecule is CC(C)CNCC(C)(CCOc1cccc(Br)c1)C1CC1. The molecular weight excluding hydrogens is 326 g/mol. The smallest absolute Gasteiger partial charge is 0.120 e. The molecule has 1 fully saturated rings. The summed E-state index contributed by atoms with van der Waals surface area (Å²) in [5.74, 6) is 2.55. The van der Waals surface area contributed by atoms with Gasteiger partial charge < -0.3 is 10.1 Å². The van der Waals surface area contributed by atoms with Crippen LogP contribution < -0.4 is 10.1 Å². The molecule has 1 aromatic carbocycles. The zero-order chi connectivity index (χ0) is 15.3. The van der Waals surface area contributed by atoms with E-state index in [-0.39, 0.29) is 0 Å². The molecule has 1 saturated carbocycles. The van der Waals surface area contributed by atoms with Gasteiger partial charge >= 0.3 is 0 Å². The molecule has 118 valence electrons. The monoisotopic (exact) mass is 353 g/mol. The molecule has 2 nitrogen and oxygen atoms in total. The fourth-order valence-electron chi connectivity index (χ4n) is 2.82. The van der Waals surface area contributed by atoms with Gasteiger partial charge in [0.1, 0.15) is 5.75 Å². The number of benzene rings is 1. The molecule has 0 amide bonds. The molecule has 1 aliphatic carbocycles. The van der Waals surface area contributed by atoms with E-state index in [2.05, 4.69) is 42.0 Å². The van der Waals surface area contributed by atoms with Crippen molar-refractivity contribution in [3.63, 3.8) is 0 Å². The third-order valence-corrected chi connectivity index (χ3v) is 4.88. The lowest BCUT2D eigenvalue weighted by Gasteiger charge is -2.30. The summed E-state index contributed by atoms with van der Waals surface area (Å²) in [6, 6.07) is 8.10. The third-order valence-electron chi connectivity index (χ3n) is 4.38. The second kappa shape index (κ2) is 7.64. The van der Waals surface area contributed by atoms with Gasteiger partial charge in [0.15, 0.2) is 0 Å². The van der Waals surface area contributed by atoms with E-state index in [9.17, 15) is 0 Å². The molecule has 0 bridgehead atoms. The standard InChI is InChI=1S/C18H28BrNO/c1-14(2)12-20-13-18(3,15-7-8-15)9-10-21-17-6-4-5-16(19)11-17/h4-6,11,14-15,20H,7-10,12-13H2,1-3H3. The van der Waals surface area contributed by atoms with E-state index in [1.165, 1.54) is 12.8 Å². The van der Waals surface area contributed by atoms with Gasteiger partial charge in [-0.25, -0.2) is 0 Å². The highest BCUT2D eigenvalue weighted by atomic mass is 79.9. The Hall–Kier alpha value is -0.540. The molecule has 1 atom stereocenters. The Morgan fingerprint density at radius 1 is 1.38 bits per heavy atom. The minimum Gasteiger partial charge on any atom is -0.494 e. The van der Waals surface area contributed by atoms with Crippen LogP contribution in [0.5, 0.6) is 5.75 Å². The van der Waals surface area contributed by atoms with Crippen molar-refractivity contribution in [3.8, 4) is 5.75 Å². The van der Waals surface area contributed by atoms with Gasteiger partial charge in [0.2, 0.25) is 0 Å². The largest absolute Gasteiger partial charge is 0.494 e. The molecule has 1 N–H and O–H groups in total. The lowest BCUT2D eigenvalue weighted by atomic mass is 9.81. The number of hydrogen-bond donors (Lipinski definition) is 1. The highest BCUT2D eigenvalue weighted by Gasteiger charge is 2.40. The Morgan fingerprint density at radius 2 is 2.14 bits per heavy atom. The Morgan fingerprint density at radius 3 is 2.76 bits per heavy atom. The van der Waals surface area contributed by atoms with Crippen LogP contribution in [-0.2, 0) is 0 Å². The first-order valence-electron chi connectivity index (χ1n) is 8.09. The maximum atomic E-state index is 5.93. The van der Waals surface area contributed by atoms with Gasteiger partial charge in [-0.05, 0) is 61.3 Å². The average Bonchev–Trinajstić information content (AvgIpc) is 3.23. The van der Waals surface area contributed by atoms with Crippen LogP contribution in [0.3, 0.4) is 0 Å². The summed E-state index contributed by atoms with van der Waals surface area (Å²) in [5.41, 5.74) is 0.376. The van der Waals surface area contributed by atoms with Crippen molar-refractivity contribution in [2.75, 3.05) is 19.7 Å². The molecule has 0 aliphatic heterocycles. The molecule has 0 spiro atoms. The van der Waals surface area contributed by atoms with Gasteiger partial charge in [0.05, 0.1) is 6.61 Å². The number of ether oxygens (including phenoxy) is 1. The van der Waals surface area contributed by atoms with Gasteiger partial charge in [-0.1, -0.05) is 42.8 Å². The van der Waals surface area contributed by atoms with Crippen LogP contribution >= 0.6 is 15.9 Å². The molecule has 0 radical (unpaired) electrons. The Kier molecular flexibility index (Phi) is 6.12. The predicted molar refractivity (Wildman–Crippen MR) is 92.8 cm³/mol. The maximum absolute atomic E-state index is 5.93. The number of halogens is 1. The normalized spacial score (nSPS) is 17.8. The lowest BCUT2D eigenvalue weighted by molar-refractivity contribution is 0.179. The Labute approximate surface area is 137 Å². The molecule has 0 aromatic heterocycles. The summed E-state index contributed by atoms with van der Waals surface area (Å²) in [4.78, 5) is 0. The second-order valence-corrected chi connectivity index (χ2v) is 7.92. The van der Waals surface area contributed by atoms with Crippen LogP contribution in [0.2, 0.25) is 0 Å². The fourth-order valence-corrected chi connectivity index (χ4v) is 3.20. The molecule has 3 heteroatoms. The number of nitrogens with one attached hydrogen (secondary N) is 1. The highest BCUT2D eigenvalue weighted by Crippen LogP contribution is 2.47. The molecule has 1 unspecified atom stereocenters. The van der Waals surface area contributed by atoms with Crippen LogP contribution in [0.1, 0.15) is 40.0 Å². The summed E-state index contributed by atoms with van der Waals surface area (Å²) >= 11 is 3.48. The molecular formula is C18H28BrNO. The van der Waals surface area contributed by atoms with E-state index < -0.39 is 0 Å². The summed E-state index contributed by atoms with van der Waals surface area (Å²) in [5, 5.41) is 3.64. The van der Waals surface area contributed by atoms with E-state index >= 15 is 0 Å². The first kappa shape index (κ1) is 16.8. The van der Waals surface area contributed by atoms with E-state index in [1.807, 2.05) is 24.3 Å². The van der Waals surface area contributed by atoms with Crippen LogP contribution in [0.25, 0.3) is 0 Å². The van der Waals surface area contributed by atoms with Crippen molar-refractivity contribution in [3.05, 3.63) is 28.7 Å². The minimum absolute atomic E-state index is 0.376. The van der Waals surface area contributed by atoms with E-state index in [0.29, 0.717) is 11.3 Å².